The quantitative estimate of drug-likeness (QED) is 0.321. The van der Waals surface area contributed by atoms with Gasteiger partial charge in [0, 0.05) is 0 Å². The van der Waals surface area contributed by atoms with E-state index in [1.807, 2.05) is 55.5 Å². The van der Waals surface area contributed by atoms with Gasteiger partial charge in [-0.05, 0) is 63.9 Å². The number of nitrogens with zero attached hydrogens (tertiary/aromatic N) is 4. The van der Waals surface area contributed by atoms with E-state index in [2.05, 4.69) is 20.8 Å². The molecule has 0 fully saturated rings. The van der Waals surface area contributed by atoms with Crippen molar-refractivity contribution in [1.82, 2.24) is 20.2 Å². The van der Waals surface area contributed by atoms with Crippen molar-refractivity contribution in [3.8, 4) is 16.8 Å². The third-order valence-electron chi connectivity index (χ3n) is 5.01. The molecule has 0 spiro atoms. The number of benzene rings is 3. The molecule has 0 aliphatic rings. The summed E-state index contributed by atoms with van der Waals surface area (Å²) in [6, 6.07) is 18.4. The molecule has 0 radical (unpaired) electrons. The summed E-state index contributed by atoms with van der Waals surface area (Å²) >= 11 is 13.9. The summed E-state index contributed by atoms with van der Waals surface area (Å²) in [6.45, 7) is 1.94. The SMILES string of the molecule is Cc1ccc(-n2nnnc2SCC(=O)Nc2ccc(-c3ccc(CC(N)=O)cc3)cc2Cl)c(Cl)c1. The maximum Gasteiger partial charge on any atom is 0.234 e. The zero-order chi connectivity index (χ0) is 24.9. The number of aryl methyl sites for hydroxylation is 1. The number of hydrogen-bond acceptors (Lipinski definition) is 6. The molecule has 0 atom stereocenters. The van der Waals surface area contributed by atoms with Crippen LogP contribution in [0.3, 0.4) is 0 Å². The second-order valence-electron chi connectivity index (χ2n) is 7.70. The minimum Gasteiger partial charge on any atom is -0.369 e. The fraction of sp³-hybridized carbons (Fsp3) is 0.125. The molecule has 4 aromatic rings. The molecular formula is C24H20Cl2N6O2S. The van der Waals surface area contributed by atoms with Crippen molar-refractivity contribution < 1.29 is 9.59 Å². The first kappa shape index (κ1) is 24.7. The van der Waals surface area contributed by atoms with E-state index in [1.165, 1.54) is 16.4 Å². The average molecular weight is 527 g/mol. The summed E-state index contributed by atoms with van der Waals surface area (Å²) in [5.41, 5.74) is 10.0. The van der Waals surface area contributed by atoms with Gasteiger partial charge in [0.15, 0.2) is 0 Å². The number of halogens is 2. The van der Waals surface area contributed by atoms with Crippen molar-refractivity contribution in [2.24, 2.45) is 5.73 Å². The number of carbonyl (C=O) groups excluding carboxylic acids is 2. The molecule has 0 bridgehead atoms. The highest BCUT2D eigenvalue weighted by Gasteiger charge is 2.15. The van der Waals surface area contributed by atoms with E-state index in [4.69, 9.17) is 28.9 Å². The van der Waals surface area contributed by atoms with E-state index in [0.717, 1.165) is 22.3 Å². The van der Waals surface area contributed by atoms with Gasteiger partial charge in [-0.25, -0.2) is 0 Å². The fourth-order valence-corrected chi connectivity index (χ4v) is 4.56. The molecule has 3 N–H and O–H groups in total. The van der Waals surface area contributed by atoms with E-state index >= 15 is 0 Å². The van der Waals surface area contributed by atoms with Crippen LogP contribution in [-0.2, 0) is 16.0 Å². The summed E-state index contributed by atoms with van der Waals surface area (Å²) in [6.07, 6.45) is 0.189. The third-order valence-corrected chi connectivity index (χ3v) is 6.55. The molecule has 0 aliphatic carbocycles. The molecule has 8 nitrogen and oxygen atoms in total. The maximum atomic E-state index is 12.6. The summed E-state index contributed by atoms with van der Waals surface area (Å²) in [4.78, 5) is 23.6. The van der Waals surface area contributed by atoms with Crippen LogP contribution in [-0.4, -0.2) is 37.8 Å². The van der Waals surface area contributed by atoms with Crippen LogP contribution in [0.4, 0.5) is 5.69 Å². The van der Waals surface area contributed by atoms with Gasteiger partial charge < -0.3 is 11.1 Å². The molecule has 3 aromatic carbocycles. The summed E-state index contributed by atoms with van der Waals surface area (Å²) in [5, 5.41) is 15.8. The summed E-state index contributed by atoms with van der Waals surface area (Å²) in [7, 11) is 0. The van der Waals surface area contributed by atoms with Gasteiger partial charge in [-0.2, -0.15) is 4.68 Å². The smallest absolute Gasteiger partial charge is 0.234 e. The highest BCUT2D eigenvalue weighted by molar-refractivity contribution is 7.99. The molecule has 2 amide bonds. The van der Waals surface area contributed by atoms with Gasteiger partial charge in [0.25, 0.3) is 0 Å². The van der Waals surface area contributed by atoms with E-state index < -0.39 is 0 Å². The van der Waals surface area contributed by atoms with Crippen LogP contribution in [0.5, 0.6) is 0 Å². The van der Waals surface area contributed by atoms with Gasteiger partial charge in [-0.15, -0.1) is 5.10 Å². The molecule has 0 saturated carbocycles. The second kappa shape index (κ2) is 10.9. The van der Waals surface area contributed by atoms with Crippen molar-refractivity contribution in [3.05, 3.63) is 81.8 Å². The Morgan fingerprint density at radius 3 is 2.43 bits per heavy atom. The topological polar surface area (TPSA) is 116 Å². The first-order valence-corrected chi connectivity index (χ1v) is 12.2. The Kier molecular flexibility index (Phi) is 7.70. The highest BCUT2D eigenvalue weighted by Crippen LogP contribution is 2.30. The normalized spacial score (nSPS) is 10.8. The third kappa shape index (κ3) is 6.19. The van der Waals surface area contributed by atoms with Crippen LogP contribution in [0.2, 0.25) is 10.0 Å². The van der Waals surface area contributed by atoms with Crippen LogP contribution in [0.25, 0.3) is 16.8 Å². The molecule has 0 unspecified atom stereocenters. The highest BCUT2D eigenvalue weighted by atomic mass is 35.5. The Morgan fingerprint density at radius 2 is 1.74 bits per heavy atom. The number of aromatic nitrogens is 4. The van der Waals surface area contributed by atoms with E-state index in [1.54, 1.807) is 12.1 Å². The standard InChI is InChI=1S/C24H20Cl2N6O2S/c1-14-2-9-21(19(26)10-14)32-24(29-30-31-32)35-13-23(34)28-20-8-7-17(12-18(20)25)16-5-3-15(4-6-16)11-22(27)33/h2-10,12H,11,13H2,1H3,(H2,27,33)(H,28,34). The number of amides is 2. The largest absolute Gasteiger partial charge is 0.369 e. The molecular weight excluding hydrogens is 507 g/mol. The number of anilines is 1. The van der Waals surface area contributed by atoms with Crippen LogP contribution in [0, 0.1) is 6.92 Å². The minimum atomic E-state index is -0.380. The number of nitrogens with two attached hydrogens (primary N) is 1. The Hall–Kier alpha value is -3.40. The van der Waals surface area contributed by atoms with Crippen molar-refractivity contribution in [2.75, 3.05) is 11.1 Å². The Labute approximate surface area is 215 Å². The van der Waals surface area contributed by atoms with Gasteiger partial charge in [0.2, 0.25) is 17.0 Å². The second-order valence-corrected chi connectivity index (χ2v) is 9.46. The van der Waals surface area contributed by atoms with Crippen molar-refractivity contribution in [2.45, 2.75) is 18.5 Å². The first-order chi connectivity index (χ1) is 16.8. The van der Waals surface area contributed by atoms with Gasteiger partial charge in [0.05, 0.1) is 33.6 Å². The molecule has 1 aromatic heterocycles. The molecule has 11 heteroatoms. The minimum absolute atomic E-state index is 0.0727. The van der Waals surface area contributed by atoms with Crippen LogP contribution < -0.4 is 11.1 Å². The lowest BCUT2D eigenvalue weighted by molar-refractivity contribution is -0.117. The maximum absolute atomic E-state index is 12.6. The molecule has 0 aliphatic heterocycles. The van der Waals surface area contributed by atoms with Crippen LogP contribution in [0.15, 0.2) is 65.8 Å². The molecule has 35 heavy (non-hydrogen) atoms. The zero-order valence-electron chi connectivity index (χ0n) is 18.5. The van der Waals surface area contributed by atoms with Gasteiger partial charge >= 0.3 is 0 Å². The molecule has 178 valence electrons. The summed E-state index contributed by atoms with van der Waals surface area (Å²) < 4.78 is 1.50. The number of carbonyl (C=O) groups is 2. The molecule has 4 rings (SSSR count). The number of nitrogens with one attached hydrogen (secondary N) is 1. The number of thioether (sulfide) groups is 1. The lowest BCUT2D eigenvalue weighted by atomic mass is 10.0. The zero-order valence-corrected chi connectivity index (χ0v) is 20.9. The average Bonchev–Trinajstić information content (AvgIpc) is 3.27. The number of rotatable bonds is 8. The summed E-state index contributed by atoms with van der Waals surface area (Å²) in [5.74, 6) is -0.567. The van der Waals surface area contributed by atoms with Gasteiger partial charge in [0.1, 0.15) is 0 Å². The first-order valence-electron chi connectivity index (χ1n) is 10.4. The lowest BCUT2D eigenvalue weighted by Crippen LogP contribution is -2.15. The number of tetrazole rings is 1. The monoisotopic (exact) mass is 526 g/mol. The Balaban J connectivity index is 1.40. The fourth-order valence-electron chi connectivity index (χ4n) is 3.33. The predicted octanol–water partition coefficient (Wildman–Crippen LogP) is 4.70. The number of primary amides is 1. The number of hydrogen-bond donors (Lipinski definition) is 2. The predicted molar refractivity (Wildman–Crippen MR) is 138 cm³/mol. The van der Waals surface area contributed by atoms with E-state index in [-0.39, 0.29) is 24.0 Å². The van der Waals surface area contributed by atoms with Gasteiger partial charge in [-0.1, -0.05) is 71.4 Å². The Morgan fingerprint density at radius 1 is 1.00 bits per heavy atom. The molecule has 0 saturated heterocycles. The van der Waals surface area contributed by atoms with Crippen molar-refractivity contribution in [1.29, 1.82) is 0 Å². The van der Waals surface area contributed by atoms with Crippen LogP contribution >= 0.6 is 35.0 Å². The van der Waals surface area contributed by atoms with Gasteiger partial charge in [-0.3, -0.25) is 9.59 Å². The van der Waals surface area contributed by atoms with Crippen molar-refractivity contribution >= 4 is 52.5 Å². The molecule has 1 heterocycles. The lowest BCUT2D eigenvalue weighted by Gasteiger charge is -2.10. The Bertz CT molecular complexity index is 1390. The van der Waals surface area contributed by atoms with E-state index in [9.17, 15) is 9.59 Å². The van der Waals surface area contributed by atoms with Crippen molar-refractivity contribution in [3.63, 3.8) is 0 Å². The van der Waals surface area contributed by atoms with E-state index in [0.29, 0.717) is 26.6 Å². The van der Waals surface area contributed by atoms with Crippen LogP contribution in [0.1, 0.15) is 11.1 Å².